The summed E-state index contributed by atoms with van der Waals surface area (Å²) in [5.74, 6) is 0.785. The first-order valence-electron chi connectivity index (χ1n) is 7.92. The third-order valence-electron chi connectivity index (χ3n) is 3.79. The molecule has 0 saturated carbocycles. The molecule has 0 aliphatic rings. The highest BCUT2D eigenvalue weighted by Gasteiger charge is 2.08. The van der Waals surface area contributed by atoms with E-state index in [-0.39, 0.29) is 5.91 Å². The number of nitrogens with one attached hydrogen (secondary N) is 1. The Morgan fingerprint density at radius 2 is 1.95 bits per heavy atom. The number of anilines is 2. The van der Waals surface area contributed by atoms with Crippen LogP contribution in [0.25, 0.3) is 0 Å². The van der Waals surface area contributed by atoms with E-state index in [1.165, 1.54) is 6.42 Å². The van der Waals surface area contributed by atoms with Gasteiger partial charge in [0.15, 0.2) is 0 Å². The summed E-state index contributed by atoms with van der Waals surface area (Å²) < 4.78 is 0. The molecule has 0 heterocycles. The van der Waals surface area contributed by atoms with Crippen LogP contribution in [0.2, 0.25) is 0 Å². The van der Waals surface area contributed by atoms with Gasteiger partial charge in [0.25, 0.3) is 0 Å². The van der Waals surface area contributed by atoms with Crippen LogP contribution in [0.5, 0.6) is 0 Å². The number of rotatable bonds is 9. The summed E-state index contributed by atoms with van der Waals surface area (Å²) in [6.07, 6.45) is 2.65. The molecule has 1 aromatic rings. The normalized spacial score (nSPS) is 12.4. The summed E-state index contributed by atoms with van der Waals surface area (Å²) >= 11 is 0. The lowest BCUT2D eigenvalue weighted by atomic mass is 10.1. The van der Waals surface area contributed by atoms with Crippen molar-refractivity contribution < 1.29 is 4.79 Å². The van der Waals surface area contributed by atoms with Crippen molar-refractivity contribution >= 4 is 17.3 Å². The standard InChI is InChI=1S/C17H29N3O/c1-4-14(3)13-20(5-2)12-6-7-17(21)19-16-10-8-15(18)9-11-16/h8-11,14H,4-7,12-13,18H2,1-3H3,(H,19,21). The van der Waals surface area contributed by atoms with Crippen LogP contribution >= 0.6 is 0 Å². The van der Waals surface area contributed by atoms with Gasteiger partial charge in [-0.05, 0) is 49.7 Å². The quantitative estimate of drug-likeness (QED) is 0.686. The monoisotopic (exact) mass is 291 g/mol. The Hall–Kier alpha value is -1.55. The van der Waals surface area contributed by atoms with Crippen LogP contribution in [-0.2, 0) is 4.79 Å². The minimum absolute atomic E-state index is 0.0689. The largest absolute Gasteiger partial charge is 0.399 e. The second-order valence-electron chi connectivity index (χ2n) is 5.68. The summed E-state index contributed by atoms with van der Waals surface area (Å²) in [5, 5.41) is 2.90. The maximum Gasteiger partial charge on any atom is 0.224 e. The molecule has 118 valence electrons. The maximum absolute atomic E-state index is 11.9. The fourth-order valence-electron chi connectivity index (χ4n) is 2.20. The Balaban J connectivity index is 2.27. The lowest BCUT2D eigenvalue weighted by Crippen LogP contribution is -2.30. The summed E-state index contributed by atoms with van der Waals surface area (Å²) in [6.45, 7) is 9.82. The van der Waals surface area contributed by atoms with Crippen LogP contribution < -0.4 is 11.1 Å². The third-order valence-corrected chi connectivity index (χ3v) is 3.79. The van der Waals surface area contributed by atoms with E-state index in [2.05, 4.69) is 31.0 Å². The van der Waals surface area contributed by atoms with Crippen molar-refractivity contribution in [2.75, 3.05) is 30.7 Å². The van der Waals surface area contributed by atoms with Gasteiger partial charge in [0.2, 0.25) is 5.91 Å². The third kappa shape index (κ3) is 7.14. The molecular weight excluding hydrogens is 262 g/mol. The van der Waals surface area contributed by atoms with Gasteiger partial charge < -0.3 is 16.0 Å². The van der Waals surface area contributed by atoms with Gasteiger partial charge in [-0.2, -0.15) is 0 Å². The number of nitrogens with zero attached hydrogens (tertiary/aromatic N) is 1. The van der Waals surface area contributed by atoms with E-state index in [0.717, 1.165) is 31.7 Å². The van der Waals surface area contributed by atoms with Gasteiger partial charge in [0, 0.05) is 24.3 Å². The molecule has 0 bridgehead atoms. The number of amides is 1. The summed E-state index contributed by atoms with van der Waals surface area (Å²) in [6, 6.07) is 7.24. The number of carbonyl (C=O) groups is 1. The highest BCUT2D eigenvalue weighted by atomic mass is 16.1. The second kappa shape index (κ2) is 9.40. The van der Waals surface area contributed by atoms with Gasteiger partial charge in [-0.1, -0.05) is 27.2 Å². The van der Waals surface area contributed by atoms with E-state index in [1.54, 1.807) is 12.1 Å². The molecule has 21 heavy (non-hydrogen) atoms. The van der Waals surface area contributed by atoms with Crippen molar-refractivity contribution in [3.05, 3.63) is 24.3 Å². The van der Waals surface area contributed by atoms with Crippen LogP contribution in [-0.4, -0.2) is 30.4 Å². The molecule has 3 N–H and O–H groups in total. The topological polar surface area (TPSA) is 58.4 Å². The van der Waals surface area contributed by atoms with Gasteiger partial charge in [-0.25, -0.2) is 0 Å². The predicted octanol–water partition coefficient (Wildman–Crippen LogP) is 3.36. The Morgan fingerprint density at radius 1 is 1.29 bits per heavy atom. The Bertz CT molecular complexity index is 417. The van der Waals surface area contributed by atoms with Crippen LogP contribution in [0.15, 0.2) is 24.3 Å². The molecule has 1 amide bonds. The molecule has 0 radical (unpaired) electrons. The fourth-order valence-corrected chi connectivity index (χ4v) is 2.20. The van der Waals surface area contributed by atoms with Crippen molar-refractivity contribution in [3.63, 3.8) is 0 Å². The lowest BCUT2D eigenvalue weighted by Gasteiger charge is -2.23. The molecule has 1 aromatic carbocycles. The number of nitrogen functional groups attached to an aromatic ring is 1. The van der Waals surface area contributed by atoms with Crippen molar-refractivity contribution in [2.24, 2.45) is 5.92 Å². The molecular formula is C17H29N3O. The molecule has 0 spiro atoms. The van der Waals surface area contributed by atoms with Crippen molar-refractivity contribution in [3.8, 4) is 0 Å². The zero-order chi connectivity index (χ0) is 15.7. The van der Waals surface area contributed by atoms with Crippen LogP contribution in [0.1, 0.15) is 40.0 Å². The summed E-state index contributed by atoms with van der Waals surface area (Å²) in [7, 11) is 0. The maximum atomic E-state index is 11.9. The summed E-state index contributed by atoms with van der Waals surface area (Å²) in [4.78, 5) is 14.3. The highest BCUT2D eigenvalue weighted by molar-refractivity contribution is 5.90. The number of hydrogen-bond acceptors (Lipinski definition) is 3. The molecule has 0 saturated heterocycles. The zero-order valence-corrected chi connectivity index (χ0v) is 13.6. The van der Waals surface area contributed by atoms with E-state index in [0.29, 0.717) is 18.0 Å². The van der Waals surface area contributed by atoms with Crippen LogP contribution in [0.4, 0.5) is 11.4 Å². The number of carbonyl (C=O) groups excluding carboxylic acids is 1. The first kappa shape index (κ1) is 17.5. The SMILES string of the molecule is CCC(C)CN(CC)CCCC(=O)Nc1ccc(N)cc1. The van der Waals surface area contributed by atoms with E-state index in [1.807, 2.05) is 12.1 Å². The van der Waals surface area contributed by atoms with E-state index < -0.39 is 0 Å². The van der Waals surface area contributed by atoms with E-state index in [9.17, 15) is 4.79 Å². The number of benzene rings is 1. The highest BCUT2D eigenvalue weighted by Crippen LogP contribution is 2.11. The van der Waals surface area contributed by atoms with Gasteiger partial charge >= 0.3 is 0 Å². The molecule has 0 aromatic heterocycles. The van der Waals surface area contributed by atoms with Gasteiger partial charge in [0.1, 0.15) is 0 Å². The lowest BCUT2D eigenvalue weighted by molar-refractivity contribution is -0.116. The Labute approximate surface area is 128 Å². The predicted molar refractivity (Wildman–Crippen MR) is 90.3 cm³/mol. The van der Waals surface area contributed by atoms with Crippen LogP contribution in [0, 0.1) is 5.92 Å². The zero-order valence-electron chi connectivity index (χ0n) is 13.6. The van der Waals surface area contributed by atoms with Crippen LogP contribution in [0.3, 0.4) is 0 Å². The molecule has 0 aliphatic carbocycles. The average molecular weight is 291 g/mol. The first-order chi connectivity index (χ1) is 10.0. The smallest absolute Gasteiger partial charge is 0.224 e. The minimum Gasteiger partial charge on any atom is -0.399 e. The minimum atomic E-state index is 0.0689. The van der Waals surface area contributed by atoms with Gasteiger partial charge in [0.05, 0.1) is 0 Å². The molecule has 4 heteroatoms. The average Bonchev–Trinajstić information content (AvgIpc) is 2.48. The first-order valence-corrected chi connectivity index (χ1v) is 7.92. The fraction of sp³-hybridized carbons (Fsp3) is 0.588. The Morgan fingerprint density at radius 3 is 2.52 bits per heavy atom. The summed E-state index contributed by atoms with van der Waals surface area (Å²) in [5.41, 5.74) is 7.13. The molecule has 0 fully saturated rings. The van der Waals surface area contributed by atoms with Crippen molar-refractivity contribution in [1.82, 2.24) is 4.90 Å². The molecule has 1 unspecified atom stereocenters. The number of hydrogen-bond donors (Lipinski definition) is 2. The number of nitrogens with two attached hydrogens (primary N) is 1. The molecule has 1 rings (SSSR count). The Kier molecular flexibility index (Phi) is 7.83. The second-order valence-corrected chi connectivity index (χ2v) is 5.68. The van der Waals surface area contributed by atoms with Gasteiger partial charge in [-0.3, -0.25) is 4.79 Å². The van der Waals surface area contributed by atoms with E-state index in [4.69, 9.17) is 5.73 Å². The van der Waals surface area contributed by atoms with Crippen molar-refractivity contribution in [2.45, 2.75) is 40.0 Å². The van der Waals surface area contributed by atoms with E-state index >= 15 is 0 Å². The molecule has 0 aliphatic heterocycles. The van der Waals surface area contributed by atoms with Gasteiger partial charge in [-0.15, -0.1) is 0 Å². The molecule has 4 nitrogen and oxygen atoms in total. The molecule has 1 atom stereocenters. The van der Waals surface area contributed by atoms with Crippen molar-refractivity contribution in [1.29, 1.82) is 0 Å².